The lowest BCUT2D eigenvalue weighted by atomic mass is 9.90. The van der Waals surface area contributed by atoms with E-state index in [0.29, 0.717) is 15.7 Å². The summed E-state index contributed by atoms with van der Waals surface area (Å²) in [6.07, 6.45) is 0.415. The number of benzene rings is 1. The number of nitrogens with one attached hydrogen (secondary N) is 2. The number of anilines is 1. The van der Waals surface area contributed by atoms with Crippen molar-refractivity contribution in [2.45, 2.75) is 18.4 Å². The summed E-state index contributed by atoms with van der Waals surface area (Å²) in [5.41, 5.74) is -1.01. The first-order chi connectivity index (χ1) is 9.93. The van der Waals surface area contributed by atoms with Gasteiger partial charge in [-0.2, -0.15) is 0 Å². The summed E-state index contributed by atoms with van der Waals surface area (Å²) in [5.74, 6) is -1.09. The largest absolute Gasteiger partial charge is 0.480 e. The number of rotatable bonds is 3. The third kappa shape index (κ3) is 3.78. The van der Waals surface area contributed by atoms with Crippen LogP contribution < -0.4 is 10.6 Å². The molecule has 1 aliphatic heterocycles. The highest BCUT2D eigenvalue weighted by Gasteiger charge is 2.41. The van der Waals surface area contributed by atoms with Crippen LogP contribution in [0.2, 0.25) is 10.0 Å². The molecular formula is C13H14Cl2N2O4. The molecule has 0 bridgehead atoms. The van der Waals surface area contributed by atoms with Crippen LogP contribution in [0, 0.1) is 0 Å². The standard InChI is InChI=1S/C13H14Cl2N2O4/c14-8-1-2-9(15)10(7-8)16-12(20)17-13(11(18)19)3-5-21-6-4-13/h1-2,7H,3-6H2,(H,18,19)(H2,16,17,20). The van der Waals surface area contributed by atoms with Crippen molar-refractivity contribution >= 4 is 40.9 Å². The number of urea groups is 1. The molecule has 0 aliphatic carbocycles. The number of carbonyl (C=O) groups is 2. The summed E-state index contributed by atoms with van der Waals surface area (Å²) in [6.45, 7) is 0.564. The van der Waals surface area contributed by atoms with Crippen LogP contribution in [-0.4, -0.2) is 35.9 Å². The highest BCUT2D eigenvalue weighted by atomic mass is 35.5. The number of halogens is 2. The molecule has 1 heterocycles. The minimum atomic E-state index is -1.33. The van der Waals surface area contributed by atoms with E-state index >= 15 is 0 Å². The lowest BCUT2D eigenvalue weighted by Gasteiger charge is -2.33. The molecule has 0 spiro atoms. The van der Waals surface area contributed by atoms with Gasteiger partial charge in [0.2, 0.25) is 0 Å². The number of amides is 2. The Morgan fingerprint density at radius 3 is 2.52 bits per heavy atom. The summed E-state index contributed by atoms with van der Waals surface area (Å²) in [5, 5.41) is 15.1. The minimum Gasteiger partial charge on any atom is -0.480 e. The number of hydrogen-bond acceptors (Lipinski definition) is 3. The number of hydrogen-bond donors (Lipinski definition) is 3. The monoisotopic (exact) mass is 332 g/mol. The quantitative estimate of drug-likeness (QED) is 0.794. The molecule has 0 saturated carbocycles. The van der Waals surface area contributed by atoms with E-state index in [-0.39, 0.29) is 26.1 Å². The molecule has 0 aromatic heterocycles. The van der Waals surface area contributed by atoms with Gasteiger partial charge in [0.1, 0.15) is 5.54 Å². The third-order valence-corrected chi connectivity index (χ3v) is 3.85. The molecule has 6 nitrogen and oxygen atoms in total. The Hall–Kier alpha value is -1.50. The molecule has 1 saturated heterocycles. The second-order valence-electron chi connectivity index (χ2n) is 4.70. The van der Waals surface area contributed by atoms with E-state index in [9.17, 15) is 14.7 Å². The Morgan fingerprint density at radius 2 is 1.90 bits per heavy atom. The molecule has 1 fully saturated rings. The summed E-state index contributed by atoms with van der Waals surface area (Å²) < 4.78 is 5.14. The van der Waals surface area contributed by atoms with E-state index in [1.807, 2.05) is 0 Å². The Labute approximate surface area is 131 Å². The van der Waals surface area contributed by atoms with E-state index in [1.165, 1.54) is 6.07 Å². The average Bonchev–Trinajstić information content (AvgIpc) is 2.43. The SMILES string of the molecule is O=C(Nc1cc(Cl)ccc1Cl)NC1(C(=O)O)CCOCC1. The molecule has 3 N–H and O–H groups in total. The third-order valence-electron chi connectivity index (χ3n) is 3.29. The highest BCUT2D eigenvalue weighted by molar-refractivity contribution is 6.35. The van der Waals surface area contributed by atoms with Crippen LogP contribution >= 0.6 is 23.2 Å². The molecule has 114 valence electrons. The predicted octanol–water partition coefficient (Wildman–Crippen LogP) is 2.75. The molecule has 8 heteroatoms. The lowest BCUT2D eigenvalue weighted by Crippen LogP contribution is -2.58. The van der Waals surface area contributed by atoms with Gasteiger partial charge in [0.05, 0.1) is 10.7 Å². The zero-order chi connectivity index (χ0) is 15.5. The number of carboxylic acids is 1. The minimum absolute atomic E-state index is 0.207. The van der Waals surface area contributed by atoms with Crippen molar-refractivity contribution in [3.63, 3.8) is 0 Å². The van der Waals surface area contributed by atoms with E-state index in [4.69, 9.17) is 27.9 Å². The van der Waals surface area contributed by atoms with Crippen LogP contribution in [0.1, 0.15) is 12.8 Å². The van der Waals surface area contributed by atoms with Crippen molar-refractivity contribution in [2.75, 3.05) is 18.5 Å². The zero-order valence-electron chi connectivity index (χ0n) is 11.0. The zero-order valence-corrected chi connectivity index (χ0v) is 12.5. The van der Waals surface area contributed by atoms with Gasteiger partial charge in [-0.05, 0) is 18.2 Å². The van der Waals surface area contributed by atoms with Gasteiger partial charge in [-0.3, -0.25) is 0 Å². The Balaban J connectivity index is 2.09. The van der Waals surface area contributed by atoms with Crippen molar-refractivity contribution in [3.8, 4) is 0 Å². The maximum atomic E-state index is 12.0. The van der Waals surface area contributed by atoms with Crippen molar-refractivity contribution in [1.82, 2.24) is 5.32 Å². The first kappa shape index (κ1) is 15.9. The number of carbonyl (C=O) groups excluding carboxylic acids is 1. The van der Waals surface area contributed by atoms with Crippen LogP contribution in [0.5, 0.6) is 0 Å². The molecule has 1 aromatic rings. The van der Waals surface area contributed by atoms with Crippen LogP contribution in [0.4, 0.5) is 10.5 Å². The second kappa shape index (κ2) is 6.51. The Morgan fingerprint density at radius 1 is 1.24 bits per heavy atom. The van der Waals surface area contributed by atoms with Crippen LogP contribution in [0.25, 0.3) is 0 Å². The smallest absolute Gasteiger partial charge is 0.329 e. The maximum Gasteiger partial charge on any atom is 0.329 e. The lowest BCUT2D eigenvalue weighted by molar-refractivity contribution is -0.148. The van der Waals surface area contributed by atoms with Crippen LogP contribution in [0.3, 0.4) is 0 Å². The van der Waals surface area contributed by atoms with Crippen LogP contribution in [-0.2, 0) is 9.53 Å². The fourth-order valence-corrected chi connectivity index (χ4v) is 2.41. The first-order valence-corrected chi connectivity index (χ1v) is 7.04. The van der Waals surface area contributed by atoms with Gasteiger partial charge in [-0.15, -0.1) is 0 Å². The number of carboxylic acid groups (broad SMARTS) is 1. The van der Waals surface area contributed by atoms with Gasteiger partial charge in [-0.25, -0.2) is 9.59 Å². The predicted molar refractivity (Wildman–Crippen MR) is 79.0 cm³/mol. The average molecular weight is 333 g/mol. The topological polar surface area (TPSA) is 87.7 Å². The molecule has 1 aromatic carbocycles. The van der Waals surface area contributed by atoms with Gasteiger partial charge >= 0.3 is 12.0 Å². The molecular weight excluding hydrogens is 319 g/mol. The van der Waals surface area contributed by atoms with E-state index < -0.39 is 17.5 Å². The second-order valence-corrected chi connectivity index (χ2v) is 5.55. The summed E-state index contributed by atoms with van der Waals surface area (Å²) in [6, 6.07) is 3.97. The molecule has 0 atom stereocenters. The van der Waals surface area contributed by atoms with Gasteiger partial charge in [0.15, 0.2) is 0 Å². The van der Waals surface area contributed by atoms with Gasteiger partial charge in [0.25, 0.3) is 0 Å². The summed E-state index contributed by atoms with van der Waals surface area (Å²) >= 11 is 11.8. The van der Waals surface area contributed by atoms with Crippen molar-refractivity contribution in [1.29, 1.82) is 0 Å². The fourth-order valence-electron chi connectivity index (χ4n) is 2.08. The van der Waals surface area contributed by atoms with Gasteiger partial charge < -0.3 is 20.5 Å². The summed E-state index contributed by atoms with van der Waals surface area (Å²) in [7, 11) is 0. The number of aliphatic carboxylic acids is 1. The molecule has 0 radical (unpaired) electrons. The van der Waals surface area contributed by atoms with Crippen LogP contribution in [0.15, 0.2) is 18.2 Å². The maximum absolute atomic E-state index is 12.0. The van der Waals surface area contributed by atoms with Gasteiger partial charge in [0, 0.05) is 31.1 Å². The summed E-state index contributed by atoms with van der Waals surface area (Å²) in [4.78, 5) is 23.5. The van der Waals surface area contributed by atoms with Crippen molar-refractivity contribution in [2.24, 2.45) is 0 Å². The molecule has 2 rings (SSSR count). The molecule has 0 unspecified atom stereocenters. The van der Waals surface area contributed by atoms with E-state index in [1.54, 1.807) is 12.1 Å². The first-order valence-electron chi connectivity index (χ1n) is 6.28. The van der Waals surface area contributed by atoms with Gasteiger partial charge in [-0.1, -0.05) is 23.2 Å². The van der Waals surface area contributed by atoms with E-state index in [0.717, 1.165) is 0 Å². The normalized spacial score (nSPS) is 17.0. The number of ether oxygens (including phenoxy) is 1. The highest BCUT2D eigenvalue weighted by Crippen LogP contribution is 2.26. The van der Waals surface area contributed by atoms with Crippen molar-refractivity contribution < 1.29 is 19.4 Å². The molecule has 2 amide bonds. The Bertz CT molecular complexity index is 559. The fraction of sp³-hybridized carbons (Fsp3) is 0.385. The molecule has 21 heavy (non-hydrogen) atoms. The Kier molecular flexibility index (Phi) is 4.92. The van der Waals surface area contributed by atoms with Crippen molar-refractivity contribution in [3.05, 3.63) is 28.2 Å². The molecule has 1 aliphatic rings. The van der Waals surface area contributed by atoms with E-state index in [2.05, 4.69) is 10.6 Å².